The van der Waals surface area contributed by atoms with Crippen molar-refractivity contribution in [1.82, 2.24) is 5.32 Å². The van der Waals surface area contributed by atoms with Crippen molar-refractivity contribution in [3.63, 3.8) is 0 Å². The molecule has 5 nitrogen and oxygen atoms in total. The Morgan fingerprint density at radius 1 is 1.19 bits per heavy atom. The predicted molar refractivity (Wildman–Crippen MR) is 105 cm³/mol. The van der Waals surface area contributed by atoms with Crippen molar-refractivity contribution in [2.75, 3.05) is 11.9 Å². The third kappa shape index (κ3) is 5.31. The molecule has 0 spiro atoms. The van der Waals surface area contributed by atoms with Crippen molar-refractivity contribution in [1.29, 1.82) is 0 Å². The first-order chi connectivity index (χ1) is 12.1. The summed E-state index contributed by atoms with van der Waals surface area (Å²) < 4.78 is 0. The lowest BCUT2D eigenvalue weighted by atomic mass is 10.0. The van der Waals surface area contributed by atoms with Crippen LogP contribution in [0.4, 0.5) is 5.69 Å². The van der Waals surface area contributed by atoms with Gasteiger partial charge in [0.05, 0.1) is 6.42 Å². The molecule has 0 bridgehead atoms. The van der Waals surface area contributed by atoms with Gasteiger partial charge >= 0.3 is 0 Å². The summed E-state index contributed by atoms with van der Waals surface area (Å²) in [6.07, 6.45) is 2.50. The molecule has 3 rings (SSSR count). The van der Waals surface area contributed by atoms with E-state index in [2.05, 4.69) is 16.7 Å². The molecule has 6 heteroatoms. The zero-order valence-electron chi connectivity index (χ0n) is 14.5. The molecule has 2 aromatic rings. The standard InChI is InChI=1S/C20H23N3O2.ClH/c21-17(15-6-2-1-3-7-15)13-22-19(24)8-4-5-14-9-10-18-16(11-14)12-20(25)23-18;/h1-3,6-7,9-11,17H,4-5,8,12-13,21H2,(H,22,24)(H,23,25);1H. The van der Waals surface area contributed by atoms with Gasteiger partial charge in [-0.05, 0) is 35.6 Å². The average Bonchev–Trinajstić information content (AvgIpc) is 2.99. The number of carbonyl (C=O) groups is 2. The van der Waals surface area contributed by atoms with Gasteiger partial charge in [0.2, 0.25) is 11.8 Å². The van der Waals surface area contributed by atoms with Gasteiger partial charge in [-0.25, -0.2) is 0 Å². The summed E-state index contributed by atoms with van der Waals surface area (Å²) in [4.78, 5) is 23.3. The number of nitrogens with one attached hydrogen (secondary N) is 2. The summed E-state index contributed by atoms with van der Waals surface area (Å²) >= 11 is 0. The predicted octanol–water partition coefficient (Wildman–Crippen LogP) is 2.74. The van der Waals surface area contributed by atoms with Crippen LogP contribution < -0.4 is 16.4 Å². The molecule has 0 fully saturated rings. The number of hydrogen-bond acceptors (Lipinski definition) is 3. The van der Waals surface area contributed by atoms with Crippen LogP contribution in [-0.4, -0.2) is 18.4 Å². The van der Waals surface area contributed by atoms with Gasteiger partial charge in [0.25, 0.3) is 0 Å². The molecule has 138 valence electrons. The van der Waals surface area contributed by atoms with Crippen LogP contribution in [0.15, 0.2) is 48.5 Å². The minimum Gasteiger partial charge on any atom is -0.354 e. The normalized spacial score (nSPS) is 13.3. The fraction of sp³-hybridized carbons (Fsp3) is 0.300. The van der Waals surface area contributed by atoms with Gasteiger partial charge in [-0.15, -0.1) is 12.4 Å². The maximum absolute atomic E-state index is 12.0. The summed E-state index contributed by atoms with van der Waals surface area (Å²) in [7, 11) is 0. The first kappa shape index (κ1) is 19.9. The molecule has 1 heterocycles. The summed E-state index contributed by atoms with van der Waals surface area (Å²) in [5, 5.41) is 5.72. The summed E-state index contributed by atoms with van der Waals surface area (Å²) in [6, 6.07) is 15.6. The van der Waals surface area contributed by atoms with Gasteiger partial charge in [0, 0.05) is 24.7 Å². The highest BCUT2D eigenvalue weighted by molar-refractivity contribution is 5.99. The van der Waals surface area contributed by atoms with Crippen LogP contribution in [0.25, 0.3) is 0 Å². The molecule has 1 aliphatic heterocycles. The molecule has 4 N–H and O–H groups in total. The Morgan fingerprint density at radius 3 is 2.73 bits per heavy atom. The van der Waals surface area contributed by atoms with Gasteiger partial charge in [0.1, 0.15) is 0 Å². The molecule has 2 aromatic carbocycles. The number of fused-ring (bicyclic) bond motifs is 1. The molecule has 1 atom stereocenters. The lowest BCUT2D eigenvalue weighted by molar-refractivity contribution is -0.121. The molecule has 26 heavy (non-hydrogen) atoms. The van der Waals surface area contributed by atoms with E-state index in [0.29, 0.717) is 19.4 Å². The number of hydrogen-bond donors (Lipinski definition) is 3. The fourth-order valence-electron chi connectivity index (χ4n) is 3.02. The lowest BCUT2D eigenvalue weighted by Crippen LogP contribution is -2.31. The molecule has 0 saturated heterocycles. The monoisotopic (exact) mass is 373 g/mol. The van der Waals surface area contributed by atoms with Crippen molar-refractivity contribution >= 4 is 29.9 Å². The largest absolute Gasteiger partial charge is 0.354 e. The van der Waals surface area contributed by atoms with E-state index in [1.807, 2.05) is 42.5 Å². The lowest BCUT2D eigenvalue weighted by Gasteiger charge is -2.13. The average molecular weight is 374 g/mol. The van der Waals surface area contributed by atoms with E-state index in [1.165, 1.54) is 0 Å². The van der Waals surface area contributed by atoms with Crippen molar-refractivity contribution in [2.45, 2.75) is 31.7 Å². The number of anilines is 1. The second-order valence-electron chi connectivity index (χ2n) is 6.39. The summed E-state index contributed by atoms with van der Waals surface area (Å²) in [5.41, 5.74) is 10.2. The molecular weight excluding hydrogens is 350 g/mol. The van der Waals surface area contributed by atoms with Gasteiger partial charge in [0.15, 0.2) is 0 Å². The molecule has 2 amide bonds. The Labute approximate surface area is 159 Å². The topological polar surface area (TPSA) is 84.2 Å². The van der Waals surface area contributed by atoms with Crippen molar-refractivity contribution < 1.29 is 9.59 Å². The highest BCUT2D eigenvalue weighted by Gasteiger charge is 2.17. The van der Waals surface area contributed by atoms with E-state index in [-0.39, 0.29) is 30.3 Å². The summed E-state index contributed by atoms with van der Waals surface area (Å²) in [5.74, 6) is 0.0608. The van der Waals surface area contributed by atoms with Crippen LogP contribution in [0.2, 0.25) is 0 Å². The smallest absolute Gasteiger partial charge is 0.228 e. The van der Waals surface area contributed by atoms with Gasteiger partial charge in [-0.3, -0.25) is 9.59 Å². The van der Waals surface area contributed by atoms with Crippen LogP contribution in [0.3, 0.4) is 0 Å². The third-order valence-corrected chi connectivity index (χ3v) is 4.41. The second-order valence-corrected chi connectivity index (χ2v) is 6.39. The van der Waals surface area contributed by atoms with Gasteiger partial charge in [-0.1, -0.05) is 42.5 Å². The maximum atomic E-state index is 12.0. The number of rotatable bonds is 7. The second kappa shape index (κ2) is 9.36. The Hall–Kier alpha value is -2.37. The number of carbonyl (C=O) groups excluding carboxylic acids is 2. The van der Waals surface area contributed by atoms with Crippen molar-refractivity contribution in [2.24, 2.45) is 5.73 Å². The van der Waals surface area contributed by atoms with E-state index in [4.69, 9.17) is 5.73 Å². The molecule has 0 aromatic heterocycles. The molecule has 0 aliphatic carbocycles. The highest BCUT2D eigenvalue weighted by atomic mass is 35.5. The number of benzene rings is 2. The molecule has 1 aliphatic rings. The minimum absolute atomic E-state index is 0. The quantitative estimate of drug-likeness (QED) is 0.697. The SMILES string of the molecule is Cl.NC(CNC(=O)CCCc1ccc2c(c1)CC(=O)N2)c1ccccc1. The first-order valence-corrected chi connectivity index (χ1v) is 8.60. The van der Waals surface area contributed by atoms with Crippen LogP contribution in [0.1, 0.15) is 35.6 Å². The van der Waals surface area contributed by atoms with E-state index < -0.39 is 0 Å². The van der Waals surface area contributed by atoms with Crippen LogP contribution >= 0.6 is 12.4 Å². The molecule has 0 saturated carbocycles. The molecule has 1 unspecified atom stereocenters. The van der Waals surface area contributed by atoms with Crippen LogP contribution in [-0.2, 0) is 22.4 Å². The summed E-state index contributed by atoms with van der Waals surface area (Å²) in [6.45, 7) is 0.440. The van der Waals surface area contributed by atoms with Crippen LogP contribution in [0, 0.1) is 0 Å². The molecule has 0 radical (unpaired) electrons. The van der Waals surface area contributed by atoms with Crippen molar-refractivity contribution in [3.05, 3.63) is 65.2 Å². The van der Waals surface area contributed by atoms with E-state index in [9.17, 15) is 9.59 Å². The Balaban J connectivity index is 0.00000243. The zero-order valence-corrected chi connectivity index (χ0v) is 15.4. The first-order valence-electron chi connectivity index (χ1n) is 8.60. The van der Waals surface area contributed by atoms with E-state index >= 15 is 0 Å². The van der Waals surface area contributed by atoms with E-state index in [1.54, 1.807) is 0 Å². The van der Waals surface area contributed by atoms with Crippen molar-refractivity contribution in [3.8, 4) is 0 Å². The highest BCUT2D eigenvalue weighted by Crippen LogP contribution is 2.24. The number of nitrogens with two attached hydrogens (primary N) is 1. The Bertz CT molecular complexity index is 765. The van der Waals surface area contributed by atoms with Crippen LogP contribution in [0.5, 0.6) is 0 Å². The molecular formula is C20H24ClN3O2. The number of halogens is 1. The van der Waals surface area contributed by atoms with Gasteiger partial charge < -0.3 is 16.4 Å². The van der Waals surface area contributed by atoms with E-state index in [0.717, 1.165) is 35.2 Å². The third-order valence-electron chi connectivity index (χ3n) is 4.41. The number of amides is 2. The Kier molecular flexibility index (Phi) is 7.18. The number of aryl methyl sites for hydroxylation is 1. The zero-order chi connectivity index (χ0) is 17.6. The van der Waals surface area contributed by atoms with Gasteiger partial charge in [-0.2, -0.15) is 0 Å². The fourth-order valence-corrected chi connectivity index (χ4v) is 3.02. The Morgan fingerprint density at radius 2 is 1.96 bits per heavy atom. The minimum atomic E-state index is -0.188. The maximum Gasteiger partial charge on any atom is 0.228 e.